The maximum atomic E-state index is 13.4. The highest BCUT2D eigenvalue weighted by atomic mass is 79.9. The predicted octanol–water partition coefficient (Wildman–Crippen LogP) is 3.24. The molecule has 1 aromatic carbocycles. The van der Waals surface area contributed by atoms with Gasteiger partial charge < -0.3 is 4.74 Å². The van der Waals surface area contributed by atoms with Crippen molar-refractivity contribution in [3.63, 3.8) is 0 Å². The Morgan fingerprint density at radius 2 is 2.12 bits per heavy atom. The highest BCUT2D eigenvalue weighted by Gasteiger charge is 2.45. The third-order valence-corrected chi connectivity index (χ3v) is 2.43. The Kier molecular flexibility index (Phi) is 3.96. The first kappa shape index (κ1) is 13.0. The number of alkyl halides is 2. The van der Waals surface area contributed by atoms with Gasteiger partial charge in [-0.25, -0.2) is 9.18 Å². The van der Waals surface area contributed by atoms with Crippen molar-refractivity contribution in [1.29, 1.82) is 0 Å². The fourth-order valence-corrected chi connectivity index (χ4v) is 1.44. The van der Waals surface area contributed by atoms with E-state index >= 15 is 0 Å². The fourth-order valence-electron chi connectivity index (χ4n) is 1.08. The molecule has 16 heavy (non-hydrogen) atoms. The van der Waals surface area contributed by atoms with Crippen LogP contribution >= 0.6 is 15.9 Å². The minimum Gasteiger partial charge on any atom is -0.461 e. The second kappa shape index (κ2) is 4.86. The molecule has 0 unspecified atom stereocenters. The normalized spacial score (nSPS) is 11.3. The van der Waals surface area contributed by atoms with Crippen LogP contribution < -0.4 is 0 Å². The van der Waals surface area contributed by atoms with Crippen molar-refractivity contribution in [2.24, 2.45) is 0 Å². The van der Waals surface area contributed by atoms with Crippen molar-refractivity contribution in [2.45, 2.75) is 12.8 Å². The molecule has 0 saturated carbocycles. The third kappa shape index (κ3) is 2.37. The van der Waals surface area contributed by atoms with E-state index in [1.54, 1.807) is 0 Å². The van der Waals surface area contributed by atoms with Crippen LogP contribution in [0.2, 0.25) is 0 Å². The molecule has 0 atom stereocenters. The number of rotatable bonds is 3. The molecule has 0 heterocycles. The lowest BCUT2D eigenvalue weighted by Gasteiger charge is -2.15. The molecule has 2 nitrogen and oxygen atoms in total. The quantitative estimate of drug-likeness (QED) is 0.801. The monoisotopic (exact) mass is 296 g/mol. The number of esters is 1. The molecule has 88 valence electrons. The first-order chi connectivity index (χ1) is 7.41. The number of hydrogen-bond donors (Lipinski definition) is 0. The molecular formula is C10H8BrF3O2. The van der Waals surface area contributed by atoms with Crippen molar-refractivity contribution in [2.75, 3.05) is 6.61 Å². The average molecular weight is 297 g/mol. The molecule has 0 fully saturated rings. The number of carbonyl (C=O) groups is 1. The average Bonchev–Trinajstić information content (AvgIpc) is 2.22. The molecule has 0 aliphatic rings. The molecule has 0 bridgehead atoms. The predicted molar refractivity (Wildman–Crippen MR) is 54.6 cm³/mol. The lowest BCUT2D eigenvalue weighted by molar-refractivity contribution is -0.173. The van der Waals surface area contributed by atoms with Gasteiger partial charge in [0, 0.05) is 0 Å². The maximum Gasteiger partial charge on any atom is 0.382 e. The van der Waals surface area contributed by atoms with Gasteiger partial charge in [-0.2, -0.15) is 8.78 Å². The SMILES string of the molecule is CCOC(=O)C(F)(F)c1cccc(Br)c1F. The largest absolute Gasteiger partial charge is 0.461 e. The lowest BCUT2D eigenvalue weighted by Crippen LogP contribution is -2.29. The summed E-state index contributed by atoms with van der Waals surface area (Å²) in [5.74, 6) is -6.91. The van der Waals surface area contributed by atoms with Crippen molar-refractivity contribution in [3.8, 4) is 0 Å². The topological polar surface area (TPSA) is 26.3 Å². The van der Waals surface area contributed by atoms with E-state index in [2.05, 4.69) is 20.7 Å². The summed E-state index contributed by atoms with van der Waals surface area (Å²) in [5.41, 5.74) is -1.000. The summed E-state index contributed by atoms with van der Waals surface area (Å²) < 4.78 is 44.3. The summed E-state index contributed by atoms with van der Waals surface area (Å²) in [7, 11) is 0. The minimum atomic E-state index is -3.98. The van der Waals surface area contributed by atoms with Crippen LogP contribution in [0, 0.1) is 5.82 Å². The highest BCUT2D eigenvalue weighted by Crippen LogP contribution is 2.33. The van der Waals surface area contributed by atoms with Crippen molar-refractivity contribution in [3.05, 3.63) is 34.1 Å². The molecule has 0 aromatic heterocycles. The van der Waals surface area contributed by atoms with Crippen LogP contribution in [0.25, 0.3) is 0 Å². The molecule has 1 rings (SSSR count). The summed E-state index contributed by atoms with van der Waals surface area (Å²) >= 11 is 2.77. The summed E-state index contributed by atoms with van der Waals surface area (Å²) in [5, 5.41) is 0. The van der Waals surface area contributed by atoms with Gasteiger partial charge in [-0.15, -0.1) is 0 Å². The van der Waals surface area contributed by atoms with E-state index in [1.807, 2.05) is 0 Å². The van der Waals surface area contributed by atoms with Crippen LogP contribution in [-0.4, -0.2) is 12.6 Å². The van der Waals surface area contributed by atoms with Gasteiger partial charge >= 0.3 is 11.9 Å². The van der Waals surface area contributed by atoms with Gasteiger partial charge in [0.05, 0.1) is 16.6 Å². The zero-order chi connectivity index (χ0) is 12.3. The zero-order valence-electron chi connectivity index (χ0n) is 8.27. The number of carbonyl (C=O) groups excluding carboxylic acids is 1. The smallest absolute Gasteiger partial charge is 0.382 e. The number of ether oxygens (including phenoxy) is 1. The van der Waals surface area contributed by atoms with Crippen molar-refractivity contribution >= 4 is 21.9 Å². The van der Waals surface area contributed by atoms with E-state index in [-0.39, 0.29) is 11.1 Å². The van der Waals surface area contributed by atoms with Gasteiger partial charge in [0.1, 0.15) is 5.82 Å². The van der Waals surface area contributed by atoms with Crippen LogP contribution in [0.5, 0.6) is 0 Å². The standard InChI is InChI=1S/C10H8BrF3O2/c1-2-16-9(15)10(13,14)6-4-3-5-7(11)8(6)12/h3-5H,2H2,1H3. The van der Waals surface area contributed by atoms with Crippen LogP contribution in [-0.2, 0) is 15.5 Å². The fraction of sp³-hybridized carbons (Fsp3) is 0.300. The van der Waals surface area contributed by atoms with Crippen molar-refractivity contribution in [1.82, 2.24) is 0 Å². The van der Waals surface area contributed by atoms with Crippen LogP contribution in [0.15, 0.2) is 22.7 Å². The molecule has 0 aliphatic heterocycles. The first-order valence-electron chi connectivity index (χ1n) is 4.40. The minimum absolute atomic E-state index is 0.131. The molecule has 0 N–H and O–H groups in total. The van der Waals surface area contributed by atoms with Gasteiger partial charge in [0.15, 0.2) is 0 Å². The van der Waals surface area contributed by atoms with E-state index in [4.69, 9.17) is 0 Å². The summed E-state index contributed by atoms with van der Waals surface area (Å²) in [4.78, 5) is 11.0. The van der Waals surface area contributed by atoms with E-state index in [0.29, 0.717) is 0 Å². The molecular weight excluding hydrogens is 289 g/mol. The lowest BCUT2D eigenvalue weighted by atomic mass is 10.1. The molecule has 0 radical (unpaired) electrons. The van der Waals surface area contributed by atoms with E-state index < -0.39 is 23.3 Å². The number of benzene rings is 1. The van der Waals surface area contributed by atoms with E-state index in [9.17, 15) is 18.0 Å². The first-order valence-corrected chi connectivity index (χ1v) is 5.20. The molecule has 0 aliphatic carbocycles. The Bertz CT molecular complexity index is 407. The van der Waals surface area contributed by atoms with Crippen molar-refractivity contribution < 1.29 is 22.7 Å². The molecule has 0 saturated heterocycles. The Morgan fingerprint density at radius 3 is 2.69 bits per heavy atom. The van der Waals surface area contributed by atoms with Crippen LogP contribution in [0.1, 0.15) is 12.5 Å². The second-order valence-electron chi connectivity index (χ2n) is 2.90. The Labute approximate surface area is 98.5 Å². The molecule has 1 aromatic rings. The highest BCUT2D eigenvalue weighted by molar-refractivity contribution is 9.10. The van der Waals surface area contributed by atoms with Gasteiger partial charge in [0.25, 0.3) is 0 Å². The van der Waals surface area contributed by atoms with Gasteiger partial charge in [-0.05, 0) is 35.0 Å². The van der Waals surface area contributed by atoms with E-state index in [0.717, 1.165) is 6.07 Å². The molecule has 0 amide bonds. The summed E-state index contributed by atoms with van der Waals surface area (Å²) in [6.45, 7) is 1.20. The Balaban J connectivity index is 3.16. The maximum absolute atomic E-state index is 13.4. The number of halogens is 4. The van der Waals surface area contributed by atoms with E-state index in [1.165, 1.54) is 19.1 Å². The second-order valence-corrected chi connectivity index (χ2v) is 3.75. The Hall–Kier alpha value is -1.04. The third-order valence-electron chi connectivity index (χ3n) is 1.82. The number of hydrogen-bond acceptors (Lipinski definition) is 2. The molecule has 0 spiro atoms. The van der Waals surface area contributed by atoms with Gasteiger partial charge in [-0.1, -0.05) is 6.07 Å². The summed E-state index contributed by atoms with van der Waals surface area (Å²) in [6.07, 6.45) is 0. The van der Waals surface area contributed by atoms with Crippen LogP contribution in [0.4, 0.5) is 13.2 Å². The molecule has 6 heteroatoms. The zero-order valence-corrected chi connectivity index (χ0v) is 9.85. The van der Waals surface area contributed by atoms with Crippen LogP contribution in [0.3, 0.4) is 0 Å². The Morgan fingerprint density at radius 1 is 1.50 bits per heavy atom. The summed E-state index contributed by atoms with van der Waals surface area (Å²) in [6, 6.07) is 3.33. The van der Waals surface area contributed by atoms with Gasteiger partial charge in [-0.3, -0.25) is 0 Å². The van der Waals surface area contributed by atoms with Gasteiger partial charge in [0.2, 0.25) is 0 Å².